The molecule has 2 atom stereocenters. The first-order valence-corrected chi connectivity index (χ1v) is 10.9. The normalized spacial score (nSPS) is 24.9. The van der Waals surface area contributed by atoms with Gasteiger partial charge in [0.1, 0.15) is 0 Å². The van der Waals surface area contributed by atoms with Crippen LogP contribution in [0.25, 0.3) is 0 Å². The van der Waals surface area contributed by atoms with Crippen LogP contribution >= 0.6 is 11.6 Å². The summed E-state index contributed by atoms with van der Waals surface area (Å²) in [4.78, 5) is 15.1. The van der Waals surface area contributed by atoms with E-state index >= 15 is 0 Å². The van der Waals surface area contributed by atoms with Gasteiger partial charge in [-0.2, -0.15) is 0 Å². The molecular weight excluding hydrogens is 358 g/mol. The van der Waals surface area contributed by atoms with Crippen molar-refractivity contribution in [2.24, 2.45) is 0 Å². The number of likely N-dealkylation sites (tertiary alicyclic amines) is 1. The van der Waals surface area contributed by atoms with Crippen molar-refractivity contribution in [2.45, 2.75) is 89.5 Å². The number of benzene rings is 1. The predicted molar refractivity (Wildman–Crippen MR) is 112 cm³/mol. The van der Waals surface area contributed by atoms with E-state index in [1.807, 2.05) is 32.0 Å². The van der Waals surface area contributed by atoms with Crippen LogP contribution in [0.1, 0.15) is 64.4 Å². The fourth-order valence-electron chi connectivity index (χ4n) is 4.48. The van der Waals surface area contributed by atoms with Crippen molar-refractivity contribution >= 4 is 17.5 Å². The van der Waals surface area contributed by atoms with Crippen LogP contribution in [-0.2, 0) is 11.3 Å². The van der Waals surface area contributed by atoms with Gasteiger partial charge in [0.05, 0.1) is 6.04 Å². The number of rotatable bonds is 6. The summed E-state index contributed by atoms with van der Waals surface area (Å²) < 4.78 is 0. The van der Waals surface area contributed by atoms with Gasteiger partial charge in [0.15, 0.2) is 0 Å². The molecule has 1 amide bonds. The Bertz CT molecular complexity index is 613. The van der Waals surface area contributed by atoms with Crippen molar-refractivity contribution in [3.63, 3.8) is 0 Å². The molecule has 0 radical (unpaired) electrons. The van der Waals surface area contributed by atoms with E-state index in [2.05, 4.69) is 21.6 Å². The molecule has 0 bridgehead atoms. The van der Waals surface area contributed by atoms with Crippen molar-refractivity contribution in [3.05, 3.63) is 34.9 Å². The Morgan fingerprint density at radius 1 is 1.15 bits per heavy atom. The molecule has 1 aromatic rings. The molecule has 2 N–H and O–H groups in total. The Balaban J connectivity index is 1.68. The van der Waals surface area contributed by atoms with Crippen LogP contribution in [0.5, 0.6) is 0 Å². The lowest BCUT2D eigenvalue weighted by Gasteiger charge is -2.25. The molecule has 1 saturated heterocycles. The standard InChI is InChI=1S/C22H34ClN3O/c1-16(2)24-22(27)21-13-19(25-18-10-5-3-4-6-11-18)15-26(21)14-17-9-7-8-12-20(17)23/h7-9,12,16,18-19,21,25H,3-6,10-11,13-15H2,1-2H3,(H,24,27)/t19-,21+/m1/s1. The van der Waals surface area contributed by atoms with Crippen LogP contribution in [0.3, 0.4) is 0 Å². The maximum absolute atomic E-state index is 12.8. The summed E-state index contributed by atoms with van der Waals surface area (Å²) in [5, 5.41) is 7.76. The molecule has 2 fully saturated rings. The second kappa shape index (κ2) is 9.90. The van der Waals surface area contributed by atoms with Gasteiger partial charge in [-0.1, -0.05) is 55.5 Å². The fraction of sp³-hybridized carbons (Fsp3) is 0.682. The van der Waals surface area contributed by atoms with Crippen LogP contribution < -0.4 is 10.6 Å². The molecule has 4 nitrogen and oxygen atoms in total. The zero-order chi connectivity index (χ0) is 19.2. The van der Waals surface area contributed by atoms with Crippen LogP contribution in [0.4, 0.5) is 0 Å². The third-order valence-corrected chi connectivity index (χ3v) is 6.16. The average molecular weight is 392 g/mol. The van der Waals surface area contributed by atoms with Crippen LogP contribution in [-0.4, -0.2) is 41.5 Å². The molecule has 0 aromatic heterocycles. The summed E-state index contributed by atoms with van der Waals surface area (Å²) in [6, 6.07) is 9.01. The van der Waals surface area contributed by atoms with Crippen molar-refractivity contribution in [1.29, 1.82) is 0 Å². The van der Waals surface area contributed by atoms with Gasteiger partial charge in [-0.15, -0.1) is 0 Å². The van der Waals surface area contributed by atoms with E-state index in [1.54, 1.807) is 0 Å². The van der Waals surface area contributed by atoms with Gasteiger partial charge in [0.2, 0.25) is 5.91 Å². The van der Waals surface area contributed by atoms with Gasteiger partial charge in [-0.3, -0.25) is 9.69 Å². The maximum atomic E-state index is 12.8. The Morgan fingerprint density at radius 2 is 1.85 bits per heavy atom. The smallest absolute Gasteiger partial charge is 0.237 e. The molecule has 5 heteroatoms. The number of nitrogens with one attached hydrogen (secondary N) is 2. The number of carbonyl (C=O) groups excluding carboxylic acids is 1. The van der Waals surface area contributed by atoms with E-state index in [1.165, 1.54) is 38.5 Å². The topological polar surface area (TPSA) is 44.4 Å². The highest BCUT2D eigenvalue weighted by Gasteiger charge is 2.37. The third kappa shape index (κ3) is 5.94. The van der Waals surface area contributed by atoms with E-state index in [0.29, 0.717) is 12.1 Å². The monoisotopic (exact) mass is 391 g/mol. The lowest BCUT2D eigenvalue weighted by Crippen LogP contribution is -2.45. The zero-order valence-electron chi connectivity index (χ0n) is 16.7. The minimum Gasteiger partial charge on any atom is -0.353 e. The maximum Gasteiger partial charge on any atom is 0.237 e. The first-order chi connectivity index (χ1) is 13.0. The highest BCUT2D eigenvalue weighted by Crippen LogP contribution is 2.26. The Hall–Kier alpha value is -1.10. The van der Waals surface area contributed by atoms with Crippen molar-refractivity contribution in [2.75, 3.05) is 6.54 Å². The average Bonchev–Trinajstić information content (AvgIpc) is 2.83. The minimum atomic E-state index is -0.0908. The van der Waals surface area contributed by atoms with Gasteiger partial charge < -0.3 is 10.6 Å². The lowest BCUT2D eigenvalue weighted by atomic mass is 10.1. The molecule has 1 aliphatic heterocycles. The molecular formula is C22H34ClN3O. The summed E-state index contributed by atoms with van der Waals surface area (Å²) >= 11 is 6.38. The van der Waals surface area contributed by atoms with E-state index in [0.717, 1.165) is 30.1 Å². The van der Waals surface area contributed by atoms with Crippen molar-refractivity contribution in [3.8, 4) is 0 Å². The van der Waals surface area contributed by atoms with E-state index in [9.17, 15) is 4.79 Å². The Labute approximate surface area is 169 Å². The molecule has 1 heterocycles. The summed E-state index contributed by atoms with van der Waals surface area (Å²) in [5.41, 5.74) is 1.09. The number of amides is 1. The Morgan fingerprint density at radius 3 is 2.52 bits per heavy atom. The van der Waals surface area contributed by atoms with E-state index < -0.39 is 0 Å². The van der Waals surface area contributed by atoms with Gasteiger partial charge in [-0.05, 0) is 44.7 Å². The molecule has 1 aliphatic carbocycles. The van der Waals surface area contributed by atoms with Gasteiger partial charge in [-0.25, -0.2) is 0 Å². The zero-order valence-corrected chi connectivity index (χ0v) is 17.5. The SMILES string of the molecule is CC(C)NC(=O)[C@@H]1C[C@@H](NC2CCCCCC2)CN1Cc1ccccc1Cl. The van der Waals surface area contributed by atoms with Crippen molar-refractivity contribution in [1.82, 2.24) is 15.5 Å². The van der Waals surface area contributed by atoms with E-state index in [-0.39, 0.29) is 18.0 Å². The summed E-state index contributed by atoms with van der Waals surface area (Å²) in [6.07, 6.45) is 8.78. The molecule has 27 heavy (non-hydrogen) atoms. The Kier molecular flexibility index (Phi) is 7.57. The van der Waals surface area contributed by atoms with Crippen LogP contribution in [0, 0.1) is 0 Å². The fourth-order valence-corrected chi connectivity index (χ4v) is 4.67. The molecule has 1 saturated carbocycles. The molecule has 3 rings (SSSR count). The van der Waals surface area contributed by atoms with Crippen molar-refractivity contribution < 1.29 is 4.79 Å². The summed E-state index contributed by atoms with van der Waals surface area (Å²) in [5.74, 6) is 0.141. The number of hydrogen-bond donors (Lipinski definition) is 2. The second-order valence-electron chi connectivity index (χ2n) is 8.49. The van der Waals surface area contributed by atoms with Gasteiger partial charge in [0, 0.05) is 36.2 Å². The first kappa shape index (κ1) is 20.6. The first-order valence-electron chi connectivity index (χ1n) is 10.6. The number of carbonyl (C=O) groups is 1. The lowest BCUT2D eigenvalue weighted by molar-refractivity contribution is -0.126. The molecule has 0 unspecified atom stereocenters. The van der Waals surface area contributed by atoms with E-state index in [4.69, 9.17) is 11.6 Å². The number of halogens is 1. The minimum absolute atomic E-state index is 0.0908. The third-order valence-electron chi connectivity index (χ3n) is 5.79. The second-order valence-corrected chi connectivity index (χ2v) is 8.89. The number of nitrogens with zero attached hydrogens (tertiary/aromatic N) is 1. The highest BCUT2D eigenvalue weighted by atomic mass is 35.5. The quantitative estimate of drug-likeness (QED) is 0.717. The summed E-state index contributed by atoms with van der Waals surface area (Å²) in [7, 11) is 0. The van der Waals surface area contributed by atoms with Gasteiger partial charge in [0.25, 0.3) is 0 Å². The molecule has 150 valence electrons. The van der Waals surface area contributed by atoms with Gasteiger partial charge >= 0.3 is 0 Å². The molecule has 1 aromatic carbocycles. The highest BCUT2D eigenvalue weighted by molar-refractivity contribution is 6.31. The molecule has 2 aliphatic rings. The van der Waals surface area contributed by atoms with Crippen LogP contribution in [0.15, 0.2) is 24.3 Å². The number of hydrogen-bond acceptors (Lipinski definition) is 3. The summed E-state index contributed by atoms with van der Waals surface area (Å²) in [6.45, 7) is 5.66. The van der Waals surface area contributed by atoms with Crippen LogP contribution in [0.2, 0.25) is 5.02 Å². The molecule has 0 spiro atoms. The largest absolute Gasteiger partial charge is 0.353 e. The predicted octanol–water partition coefficient (Wildman–Crippen LogP) is 4.12.